The van der Waals surface area contributed by atoms with Gasteiger partial charge in [0, 0.05) is 0 Å². The average molecular weight is 236 g/mol. The molecule has 4 rings (SSSR count). The summed E-state index contributed by atoms with van der Waals surface area (Å²) in [6, 6.07) is 0. The van der Waals surface area contributed by atoms with Crippen LogP contribution in [0, 0.1) is 23.2 Å². The summed E-state index contributed by atoms with van der Waals surface area (Å²) in [5.74, 6) is 2.60. The highest BCUT2D eigenvalue weighted by Crippen LogP contribution is 2.60. The van der Waals surface area contributed by atoms with Crippen molar-refractivity contribution in [2.45, 2.75) is 64.9 Å². The fourth-order valence-electron chi connectivity index (χ4n) is 4.75. The van der Waals surface area contributed by atoms with Gasteiger partial charge in [-0.1, -0.05) is 6.92 Å². The molecule has 1 atom stereocenters. The zero-order valence-corrected chi connectivity index (χ0v) is 11.1. The second-order valence-corrected chi connectivity index (χ2v) is 6.82. The Bertz CT molecular complexity index is 286. The molecule has 0 amide bonds. The van der Waals surface area contributed by atoms with E-state index in [9.17, 15) is 4.79 Å². The normalized spacial score (nSPS) is 44.7. The highest BCUT2D eigenvalue weighted by molar-refractivity contribution is 5.77. The van der Waals surface area contributed by atoms with E-state index in [1.165, 1.54) is 19.3 Å². The average Bonchev–Trinajstić information content (AvgIpc) is 2.26. The van der Waals surface area contributed by atoms with Crippen LogP contribution in [0.5, 0.6) is 0 Å². The Hall–Kier alpha value is -0.530. The van der Waals surface area contributed by atoms with E-state index in [0.717, 1.165) is 43.4 Å². The van der Waals surface area contributed by atoms with Crippen LogP contribution in [0.3, 0.4) is 0 Å². The molecule has 96 valence electrons. The maximum Gasteiger partial charge on any atom is 0.312 e. The van der Waals surface area contributed by atoms with E-state index < -0.39 is 0 Å². The minimum absolute atomic E-state index is 0.0713. The van der Waals surface area contributed by atoms with Crippen molar-refractivity contribution in [3.8, 4) is 0 Å². The van der Waals surface area contributed by atoms with E-state index in [-0.39, 0.29) is 17.5 Å². The number of carbonyl (C=O) groups excluding carboxylic acids is 1. The van der Waals surface area contributed by atoms with Crippen molar-refractivity contribution >= 4 is 5.97 Å². The van der Waals surface area contributed by atoms with Gasteiger partial charge in [-0.05, 0) is 69.6 Å². The standard InChI is InChI=1S/C15H24O2/c1-3-10(2)17-14(16)15-7-11-4-12(8-15)6-13(5-11)9-15/h10-13H,3-9H2,1-2H3/t10-,11?,12?,13?,15?/m0/s1. The fraction of sp³-hybridized carbons (Fsp3) is 0.933. The van der Waals surface area contributed by atoms with Crippen molar-refractivity contribution in [1.82, 2.24) is 0 Å². The first-order valence-electron chi connectivity index (χ1n) is 7.32. The van der Waals surface area contributed by atoms with E-state index in [1.807, 2.05) is 6.92 Å². The summed E-state index contributed by atoms with van der Waals surface area (Å²) in [5, 5.41) is 0. The lowest BCUT2D eigenvalue weighted by Crippen LogP contribution is -2.51. The summed E-state index contributed by atoms with van der Waals surface area (Å²) in [4.78, 5) is 12.4. The molecule has 0 spiro atoms. The molecule has 0 radical (unpaired) electrons. The molecule has 0 aromatic rings. The van der Waals surface area contributed by atoms with E-state index >= 15 is 0 Å². The first-order chi connectivity index (χ1) is 8.11. The van der Waals surface area contributed by atoms with Gasteiger partial charge in [0.2, 0.25) is 0 Å². The Morgan fingerprint density at radius 3 is 2.06 bits per heavy atom. The largest absolute Gasteiger partial charge is 0.462 e. The van der Waals surface area contributed by atoms with E-state index in [2.05, 4.69) is 6.92 Å². The summed E-state index contributed by atoms with van der Waals surface area (Å²) >= 11 is 0. The predicted molar refractivity (Wildman–Crippen MR) is 66.5 cm³/mol. The lowest BCUT2D eigenvalue weighted by Gasteiger charge is -2.55. The van der Waals surface area contributed by atoms with Gasteiger partial charge in [-0.2, -0.15) is 0 Å². The zero-order chi connectivity index (χ0) is 12.0. The van der Waals surface area contributed by atoms with E-state index in [4.69, 9.17) is 4.74 Å². The monoisotopic (exact) mass is 236 g/mol. The smallest absolute Gasteiger partial charge is 0.312 e. The SMILES string of the molecule is CC[C@H](C)OC(=O)C12CC3CC(CC(C3)C1)C2. The molecule has 0 aromatic carbocycles. The van der Waals surface area contributed by atoms with Crippen LogP contribution in [-0.2, 0) is 9.53 Å². The van der Waals surface area contributed by atoms with Crippen molar-refractivity contribution in [3.63, 3.8) is 0 Å². The molecule has 4 saturated carbocycles. The molecule has 0 saturated heterocycles. The molecular formula is C15H24O2. The first-order valence-corrected chi connectivity index (χ1v) is 7.32. The summed E-state index contributed by atoms with van der Waals surface area (Å²) in [7, 11) is 0. The number of hydrogen-bond donors (Lipinski definition) is 0. The molecule has 0 heterocycles. The van der Waals surface area contributed by atoms with Gasteiger partial charge in [-0.25, -0.2) is 0 Å². The highest BCUT2D eigenvalue weighted by Gasteiger charge is 2.55. The van der Waals surface area contributed by atoms with Gasteiger partial charge in [0.05, 0.1) is 11.5 Å². The third kappa shape index (κ3) is 1.90. The molecule has 0 aromatic heterocycles. The van der Waals surface area contributed by atoms with Gasteiger partial charge < -0.3 is 4.74 Å². The second kappa shape index (κ2) is 4.00. The highest BCUT2D eigenvalue weighted by atomic mass is 16.5. The Morgan fingerprint density at radius 1 is 1.18 bits per heavy atom. The lowest BCUT2D eigenvalue weighted by atomic mass is 9.49. The number of esters is 1. The number of hydrogen-bond acceptors (Lipinski definition) is 2. The Kier molecular flexibility index (Phi) is 2.72. The molecule has 0 unspecified atom stereocenters. The maximum absolute atomic E-state index is 12.4. The van der Waals surface area contributed by atoms with Crippen molar-refractivity contribution in [2.75, 3.05) is 0 Å². The minimum atomic E-state index is -0.0713. The lowest BCUT2D eigenvalue weighted by molar-refractivity contribution is -0.176. The topological polar surface area (TPSA) is 26.3 Å². The first kappa shape index (κ1) is 11.6. The van der Waals surface area contributed by atoms with Gasteiger partial charge in [0.15, 0.2) is 0 Å². The molecular weight excluding hydrogens is 212 g/mol. The Labute approximate surface area is 104 Å². The van der Waals surface area contributed by atoms with Crippen molar-refractivity contribution in [3.05, 3.63) is 0 Å². The van der Waals surface area contributed by atoms with Gasteiger partial charge in [0.25, 0.3) is 0 Å². The van der Waals surface area contributed by atoms with Crippen molar-refractivity contribution in [1.29, 1.82) is 0 Å². The van der Waals surface area contributed by atoms with Gasteiger partial charge in [-0.15, -0.1) is 0 Å². The summed E-state index contributed by atoms with van der Waals surface area (Å²) in [6.45, 7) is 4.09. The fourth-order valence-corrected chi connectivity index (χ4v) is 4.75. The summed E-state index contributed by atoms with van der Waals surface area (Å²) < 4.78 is 5.65. The van der Waals surface area contributed by atoms with Crippen LogP contribution < -0.4 is 0 Å². The predicted octanol–water partition coefficient (Wildman–Crippen LogP) is 3.54. The Morgan fingerprint density at radius 2 is 1.65 bits per heavy atom. The quantitative estimate of drug-likeness (QED) is 0.700. The third-order valence-corrected chi connectivity index (χ3v) is 5.35. The minimum Gasteiger partial charge on any atom is -0.462 e. The van der Waals surface area contributed by atoms with Gasteiger partial charge in [-0.3, -0.25) is 4.79 Å². The summed E-state index contributed by atoms with van der Waals surface area (Å²) in [6.07, 6.45) is 8.53. The molecule has 4 aliphatic rings. The van der Waals surface area contributed by atoms with Gasteiger partial charge in [0.1, 0.15) is 0 Å². The molecule has 4 bridgehead atoms. The van der Waals surface area contributed by atoms with Crippen molar-refractivity contribution in [2.24, 2.45) is 23.2 Å². The van der Waals surface area contributed by atoms with Crippen molar-refractivity contribution < 1.29 is 9.53 Å². The van der Waals surface area contributed by atoms with Crippen LogP contribution in [-0.4, -0.2) is 12.1 Å². The molecule has 0 N–H and O–H groups in total. The van der Waals surface area contributed by atoms with Crippen LogP contribution >= 0.6 is 0 Å². The van der Waals surface area contributed by atoms with Crippen LogP contribution in [0.2, 0.25) is 0 Å². The van der Waals surface area contributed by atoms with Gasteiger partial charge >= 0.3 is 5.97 Å². The third-order valence-electron chi connectivity index (χ3n) is 5.35. The zero-order valence-electron chi connectivity index (χ0n) is 11.1. The number of ether oxygens (including phenoxy) is 1. The molecule has 0 aliphatic heterocycles. The number of rotatable bonds is 3. The molecule has 4 aliphatic carbocycles. The Balaban J connectivity index is 1.75. The van der Waals surface area contributed by atoms with Crippen LogP contribution in [0.15, 0.2) is 0 Å². The molecule has 4 fully saturated rings. The number of carbonyl (C=O) groups is 1. The van der Waals surface area contributed by atoms with Crippen LogP contribution in [0.1, 0.15) is 58.8 Å². The summed E-state index contributed by atoms with van der Waals surface area (Å²) in [5.41, 5.74) is -0.0713. The maximum atomic E-state index is 12.4. The molecule has 17 heavy (non-hydrogen) atoms. The van der Waals surface area contributed by atoms with Crippen LogP contribution in [0.4, 0.5) is 0 Å². The molecule has 2 nitrogen and oxygen atoms in total. The molecule has 2 heteroatoms. The van der Waals surface area contributed by atoms with E-state index in [1.54, 1.807) is 0 Å². The van der Waals surface area contributed by atoms with Crippen LogP contribution in [0.25, 0.3) is 0 Å². The van der Waals surface area contributed by atoms with E-state index in [0.29, 0.717) is 0 Å². The second-order valence-electron chi connectivity index (χ2n) is 6.82.